The van der Waals surface area contributed by atoms with Crippen molar-refractivity contribution in [2.24, 2.45) is 0 Å². The predicted molar refractivity (Wildman–Crippen MR) is 69.0 cm³/mol. The highest BCUT2D eigenvalue weighted by Gasteiger charge is 1.98. The molecule has 0 atom stereocenters. The fourth-order valence-electron chi connectivity index (χ4n) is 1.44. The predicted octanol–water partition coefficient (Wildman–Crippen LogP) is 2.55. The van der Waals surface area contributed by atoms with Gasteiger partial charge in [0.1, 0.15) is 0 Å². The van der Waals surface area contributed by atoms with Gasteiger partial charge in [0.05, 0.1) is 12.3 Å². The molecule has 0 spiro atoms. The first-order valence-electron chi connectivity index (χ1n) is 6.53. The summed E-state index contributed by atoms with van der Waals surface area (Å²) in [6.45, 7) is 6.84. The molecule has 0 radical (unpaired) electrons. The Kier molecular flexibility index (Phi) is 7.30. The van der Waals surface area contributed by atoms with E-state index in [2.05, 4.69) is 29.4 Å². The third-order valence-corrected chi connectivity index (χ3v) is 2.43. The Morgan fingerprint density at radius 1 is 1.12 bits per heavy atom. The van der Waals surface area contributed by atoms with Crippen molar-refractivity contribution < 1.29 is 4.74 Å². The molecule has 1 rings (SSSR count). The van der Waals surface area contributed by atoms with Crippen LogP contribution < -0.4 is 10.1 Å². The van der Waals surface area contributed by atoms with E-state index in [1.165, 1.54) is 12.8 Å². The van der Waals surface area contributed by atoms with Crippen LogP contribution in [-0.2, 0) is 6.54 Å². The average Bonchev–Trinajstić information content (AvgIpc) is 2.37. The van der Waals surface area contributed by atoms with Gasteiger partial charge in [0.2, 0.25) is 5.88 Å². The lowest BCUT2D eigenvalue weighted by Crippen LogP contribution is -2.15. The molecule has 4 nitrogen and oxygen atoms in total. The summed E-state index contributed by atoms with van der Waals surface area (Å²) < 4.78 is 5.49. The van der Waals surface area contributed by atoms with Gasteiger partial charge in [-0.05, 0) is 25.5 Å². The van der Waals surface area contributed by atoms with Crippen molar-refractivity contribution in [3.05, 3.63) is 17.8 Å². The van der Waals surface area contributed by atoms with Crippen molar-refractivity contribution in [1.82, 2.24) is 15.5 Å². The van der Waals surface area contributed by atoms with Gasteiger partial charge in [-0.1, -0.05) is 26.7 Å². The van der Waals surface area contributed by atoms with Crippen LogP contribution in [-0.4, -0.2) is 23.3 Å². The Bertz CT molecular complexity index is 287. The van der Waals surface area contributed by atoms with Gasteiger partial charge in [0.25, 0.3) is 0 Å². The topological polar surface area (TPSA) is 47.0 Å². The van der Waals surface area contributed by atoms with E-state index in [0.717, 1.165) is 38.2 Å². The highest BCUT2D eigenvalue weighted by atomic mass is 16.5. The smallest absolute Gasteiger partial charge is 0.233 e. The summed E-state index contributed by atoms with van der Waals surface area (Å²) in [5, 5.41) is 11.4. The van der Waals surface area contributed by atoms with Crippen molar-refractivity contribution in [2.75, 3.05) is 13.2 Å². The standard InChI is InChI=1S/C13H23N3O/c1-3-5-6-10-17-13-8-7-12(15-16-13)11-14-9-4-2/h7-8,14H,3-6,9-11H2,1-2H3. The molecule has 0 saturated heterocycles. The van der Waals surface area contributed by atoms with Crippen LogP contribution >= 0.6 is 0 Å². The van der Waals surface area contributed by atoms with Crippen LogP contribution in [0.3, 0.4) is 0 Å². The zero-order valence-corrected chi connectivity index (χ0v) is 10.9. The van der Waals surface area contributed by atoms with E-state index in [9.17, 15) is 0 Å². The molecular formula is C13H23N3O. The summed E-state index contributed by atoms with van der Waals surface area (Å²) in [4.78, 5) is 0. The van der Waals surface area contributed by atoms with Crippen LogP contribution in [0.5, 0.6) is 5.88 Å². The Morgan fingerprint density at radius 3 is 2.65 bits per heavy atom. The first-order chi connectivity index (χ1) is 8.36. The third-order valence-electron chi connectivity index (χ3n) is 2.43. The molecule has 0 fully saturated rings. The molecule has 0 aliphatic rings. The third kappa shape index (κ3) is 6.22. The normalized spacial score (nSPS) is 10.5. The maximum Gasteiger partial charge on any atom is 0.233 e. The van der Waals surface area contributed by atoms with E-state index in [4.69, 9.17) is 4.74 Å². The van der Waals surface area contributed by atoms with Crippen molar-refractivity contribution >= 4 is 0 Å². The molecule has 1 aromatic rings. The molecule has 96 valence electrons. The molecule has 0 bridgehead atoms. The van der Waals surface area contributed by atoms with E-state index in [0.29, 0.717) is 5.88 Å². The lowest BCUT2D eigenvalue weighted by Gasteiger charge is -2.05. The highest BCUT2D eigenvalue weighted by Crippen LogP contribution is 2.06. The lowest BCUT2D eigenvalue weighted by molar-refractivity contribution is 0.291. The van der Waals surface area contributed by atoms with E-state index in [1.54, 1.807) is 0 Å². The summed E-state index contributed by atoms with van der Waals surface area (Å²) in [6, 6.07) is 3.85. The Morgan fingerprint density at radius 2 is 2.00 bits per heavy atom. The summed E-state index contributed by atoms with van der Waals surface area (Å²) in [6.07, 6.45) is 4.62. The fraction of sp³-hybridized carbons (Fsp3) is 0.692. The van der Waals surface area contributed by atoms with E-state index < -0.39 is 0 Å². The number of unbranched alkanes of at least 4 members (excludes halogenated alkanes) is 2. The zero-order valence-electron chi connectivity index (χ0n) is 10.9. The molecule has 4 heteroatoms. The monoisotopic (exact) mass is 237 g/mol. The van der Waals surface area contributed by atoms with Crippen molar-refractivity contribution in [3.63, 3.8) is 0 Å². The molecule has 0 aliphatic carbocycles. The molecule has 17 heavy (non-hydrogen) atoms. The van der Waals surface area contributed by atoms with Crippen molar-refractivity contribution in [3.8, 4) is 5.88 Å². The molecule has 1 N–H and O–H groups in total. The van der Waals surface area contributed by atoms with Crippen LogP contribution in [0.1, 0.15) is 45.2 Å². The van der Waals surface area contributed by atoms with Crippen LogP contribution in [0, 0.1) is 0 Å². The summed E-state index contributed by atoms with van der Waals surface area (Å²) in [5.74, 6) is 0.625. The van der Waals surface area contributed by atoms with Crippen molar-refractivity contribution in [1.29, 1.82) is 0 Å². The zero-order chi connectivity index (χ0) is 12.3. The molecule has 0 saturated carbocycles. The average molecular weight is 237 g/mol. The summed E-state index contributed by atoms with van der Waals surface area (Å²) in [7, 11) is 0. The number of nitrogens with zero attached hydrogens (tertiary/aromatic N) is 2. The quantitative estimate of drug-likeness (QED) is 0.670. The SMILES string of the molecule is CCCCCOc1ccc(CNCCC)nn1. The first kappa shape index (κ1) is 13.9. The van der Waals surface area contributed by atoms with Gasteiger partial charge in [-0.15, -0.1) is 5.10 Å². The second-order valence-corrected chi connectivity index (χ2v) is 4.10. The molecule has 1 heterocycles. The Hall–Kier alpha value is -1.16. The molecule has 0 amide bonds. The Balaban J connectivity index is 2.24. The maximum absolute atomic E-state index is 5.49. The van der Waals surface area contributed by atoms with Crippen LogP contribution in [0.4, 0.5) is 0 Å². The van der Waals surface area contributed by atoms with Gasteiger partial charge in [-0.25, -0.2) is 0 Å². The number of hydrogen-bond donors (Lipinski definition) is 1. The first-order valence-corrected chi connectivity index (χ1v) is 6.53. The van der Waals surface area contributed by atoms with Gasteiger partial charge in [-0.3, -0.25) is 0 Å². The molecule has 0 aliphatic heterocycles. The molecule has 0 aromatic carbocycles. The van der Waals surface area contributed by atoms with Gasteiger partial charge in [-0.2, -0.15) is 5.10 Å². The van der Waals surface area contributed by atoms with Crippen molar-refractivity contribution in [2.45, 2.75) is 46.1 Å². The number of rotatable bonds is 9. The van der Waals surface area contributed by atoms with Crippen LogP contribution in [0.2, 0.25) is 0 Å². The lowest BCUT2D eigenvalue weighted by atomic mass is 10.3. The number of ether oxygens (including phenoxy) is 1. The second kappa shape index (κ2) is 8.93. The number of nitrogens with one attached hydrogen (secondary N) is 1. The van der Waals surface area contributed by atoms with Gasteiger partial charge < -0.3 is 10.1 Å². The molecule has 0 unspecified atom stereocenters. The second-order valence-electron chi connectivity index (χ2n) is 4.10. The minimum absolute atomic E-state index is 0.625. The fourth-order valence-corrected chi connectivity index (χ4v) is 1.44. The summed E-state index contributed by atoms with van der Waals surface area (Å²) >= 11 is 0. The van der Waals surface area contributed by atoms with Crippen LogP contribution in [0.25, 0.3) is 0 Å². The van der Waals surface area contributed by atoms with Crippen LogP contribution in [0.15, 0.2) is 12.1 Å². The van der Waals surface area contributed by atoms with Gasteiger partial charge >= 0.3 is 0 Å². The minimum Gasteiger partial charge on any atom is -0.477 e. The number of hydrogen-bond acceptors (Lipinski definition) is 4. The van der Waals surface area contributed by atoms with E-state index >= 15 is 0 Å². The Labute approximate surface area is 104 Å². The van der Waals surface area contributed by atoms with E-state index in [1.807, 2.05) is 12.1 Å². The largest absolute Gasteiger partial charge is 0.477 e. The summed E-state index contributed by atoms with van der Waals surface area (Å²) in [5.41, 5.74) is 0.958. The van der Waals surface area contributed by atoms with Gasteiger partial charge in [0, 0.05) is 12.6 Å². The maximum atomic E-state index is 5.49. The highest BCUT2D eigenvalue weighted by molar-refractivity contribution is 5.11. The number of aromatic nitrogens is 2. The van der Waals surface area contributed by atoms with E-state index in [-0.39, 0.29) is 0 Å². The minimum atomic E-state index is 0.625. The molecular weight excluding hydrogens is 214 g/mol. The molecule has 1 aromatic heterocycles. The van der Waals surface area contributed by atoms with Gasteiger partial charge in [0.15, 0.2) is 0 Å².